The summed E-state index contributed by atoms with van der Waals surface area (Å²) >= 11 is 0. The second-order valence-electron chi connectivity index (χ2n) is 5.36. The van der Waals surface area contributed by atoms with Crippen molar-refractivity contribution in [3.8, 4) is 11.1 Å². The number of nitrogens with one attached hydrogen (secondary N) is 1. The van der Waals surface area contributed by atoms with Crippen LogP contribution in [0.3, 0.4) is 0 Å². The van der Waals surface area contributed by atoms with Crippen LogP contribution >= 0.6 is 0 Å². The number of pyridine rings is 1. The van der Waals surface area contributed by atoms with Crippen LogP contribution in [0.25, 0.3) is 22.0 Å². The summed E-state index contributed by atoms with van der Waals surface area (Å²) in [5, 5.41) is 4.60. The number of aryl methyl sites for hydroxylation is 1. The van der Waals surface area contributed by atoms with Gasteiger partial charge in [0.2, 0.25) is 0 Å². The van der Waals surface area contributed by atoms with Crippen molar-refractivity contribution in [3.05, 3.63) is 65.9 Å². The number of rotatable bonds is 4. The third-order valence-electron chi connectivity index (χ3n) is 3.73. The van der Waals surface area contributed by atoms with Gasteiger partial charge in [0.15, 0.2) is 0 Å². The van der Waals surface area contributed by atoms with E-state index in [2.05, 4.69) is 66.6 Å². The highest BCUT2D eigenvalue weighted by atomic mass is 14.8. The highest BCUT2D eigenvalue weighted by molar-refractivity contribution is 5.84. The SMILES string of the molecule is CCNCc1ccc(C)cc1-c1cnc2ccccc2c1. The molecule has 3 aromatic rings. The predicted molar refractivity (Wildman–Crippen MR) is 89.3 cm³/mol. The lowest BCUT2D eigenvalue weighted by atomic mass is 9.97. The highest BCUT2D eigenvalue weighted by Crippen LogP contribution is 2.27. The number of aromatic nitrogens is 1. The van der Waals surface area contributed by atoms with Crippen LogP contribution in [0.1, 0.15) is 18.1 Å². The Morgan fingerprint density at radius 2 is 1.90 bits per heavy atom. The van der Waals surface area contributed by atoms with Gasteiger partial charge in [0.1, 0.15) is 0 Å². The van der Waals surface area contributed by atoms with Crippen LogP contribution in [0.15, 0.2) is 54.7 Å². The molecule has 2 aromatic carbocycles. The summed E-state index contributed by atoms with van der Waals surface area (Å²) in [6, 6.07) is 17.1. The van der Waals surface area contributed by atoms with Crippen molar-refractivity contribution < 1.29 is 0 Å². The maximum absolute atomic E-state index is 4.59. The Kier molecular flexibility index (Phi) is 3.98. The largest absolute Gasteiger partial charge is 0.313 e. The van der Waals surface area contributed by atoms with Gasteiger partial charge in [0, 0.05) is 23.7 Å². The van der Waals surface area contributed by atoms with Gasteiger partial charge < -0.3 is 5.32 Å². The number of hydrogen-bond acceptors (Lipinski definition) is 2. The molecule has 0 bridgehead atoms. The number of hydrogen-bond donors (Lipinski definition) is 1. The van der Waals surface area contributed by atoms with Crippen LogP contribution in [0.2, 0.25) is 0 Å². The van der Waals surface area contributed by atoms with E-state index in [4.69, 9.17) is 0 Å². The zero-order valence-corrected chi connectivity index (χ0v) is 12.6. The molecular formula is C19H20N2. The lowest BCUT2D eigenvalue weighted by molar-refractivity contribution is 0.728. The molecule has 0 aliphatic carbocycles. The van der Waals surface area contributed by atoms with E-state index in [-0.39, 0.29) is 0 Å². The predicted octanol–water partition coefficient (Wildman–Crippen LogP) is 4.32. The molecule has 0 spiro atoms. The molecule has 2 nitrogen and oxygen atoms in total. The van der Waals surface area contributed by atoms with Gasteiger partial charge >= 0.3 is 0 Å². The van der Waals surface area contributed by atoms with Gasteiger partial charge in [-0.3, -0.25) is 4.98 Å². The van der Waals surface area contributed by atoms with Crippen LogP contribution < -0.4 is 5.32 Å². The summed E-state index contributed by atoms with van der Waals surface area (Å²) in [6.07, 6.45) is 1.98. The Balaban J connectivity index is 2.09. The molecule has 2 heteroatoms. The van der Waals surface area contributed by atoms with Crippen molar-refractivity contribution in [2.75, 3.05) is 6.54 Å². The molecule has 21 heavy (non-hydrogen) atoms. The van der Waals surface area contributed by atoms with Crippen molar-refractivity contribution in [1.29, 1.82) is 0 Å². The van der Waals surface area contributed by atoms with Crippen LogP contribution in [-0.2, 0) is 6.54 Å². The fourth-order valence-electron chi connectivity index (χ4n) is 2.59. The van der Waals surface area contributed by atoms with E-state index < -0.39 is 0 Å². The molecule has 1 N–H and O–H groups in total. The van der Waals surface area contributed by atoms with Gasteiger partial charge in [0.25, 0.3) is 0 Å². The molecule has 0 saturated carbocycles. The molecule has 0 aliphatic heterocycles. The van der Waals surface area contributed by atoms with Crippen molar-refractivity contribution in [2.24, 2.45) is 0 Å². The van der Waals surface area contributed by atoms with Crippen LogP contribution in [0.4, 0.5) is 0 Å². The molecule has 0 radical (unpaired) electrons. The number of fused-ring (bicyclic) bond motifs is 1. The Bertz CT molecular complexity index is 762. The molecule has 3 rings (SSSR count). The average Bonchev–Trinajstić information content (AvgIpc) is 2.53. The normalized spacial score (nSPS) is 11.0. The molecular weight excluding hydrogens is 256 g/mol. The average molecular weight is 276 g/mol. The van der Waals surface area contributed by atoms with Gasteiger partial charge in [-0.1, -0.05) is 48.9 Å². The second-order valence-corrected chi connectivity index (χ2v) is 5.36. The third kappa shape index (κ3) is 2.96. The summed E-state index contributed by atoms with van der Waals surface area (Å²) < 4.78 is 0. The van der Waals surface area contributed by atoms with E-state index in [1.54, 1.807) is 0 Å². The topological polar surface area (TPSA) is 24.9 Å². The summed E-state index contributed by atoms with van der Waals surface area (Å²) in [6.45, 7) is 6.13. The molecule has 0 amide bonds. The van der Waals surface area contributed by atoms with E-state index in [1.807, 2.05) is 12.3 Å². The Hall–Kier alpha value is -2.19. The van der Waals surface area contributed by atoms with Gasteiger partial charge in [0.05, 0.1) is 5.52 Å². The van der Waals surface area contributed by atoms with Crippen molar-refractivity contribution in [1.82, 2.24) is 10.3 Å². The van der Waals surface area contributed by atoms with E-state index in [0.717, 1.165) is 18.6 Å². The highest BCUT2D eigenvalue weighted by Gasteiger charge is 2.07. The zero-order chi connectivity index (χ0) is 14.7. The molecule has 1 aromatic heterocycles. The number of benzene rings is 2. The van der Waals surface area contributed by atoms with Crippen LogP contribution in [-0.4, -0.2) is 11.5 Å². The molecule has 106 valence electrons. The van der Waals surface area contributed by atoms with Crippen LogP contribution in [0.5, 0.6) is 0 Å². The smallest absolute Gasteiger partial charge is 0.0702 e. The summed E-state index contributed by atoms with van der Waals surface area (Å²) in [7, 11) is 0. The molecule has 0 saturated heterocycles. The minimum atomic E-state index is 0.888. The van der Waals surface area contributed by atoms with E-state index >= 15 is 0 Å². The number of para-hydroxylation sites is 1. The van der Waals surface area contributed by atoms with Gasteiger partial charge in [-0.05, 0) is 36.7 Å². The maximum atomic E-state index is 4.59. The monoisotopic (exact) mass is 276 g/mol. The zero-order valence-electron chi connectivity index (χ0n) is 12.6. The maximum Gasteiger partial charge on any atom is 0.0702 e. The molecule has 0 aliphatic rings. The number of nitrogens with zero attached hydrogens (tertiary/aromatic N) is 1. The second kappa shape index (κ2) is 6.06. The summed E-state index contributed by atoms with van der Waals surface area (Å²) in [5.41, 5.74) is 6.10. The first-order chi connectivity index (χ1) is 10.3. The van der Waals surface area contributed by atoms with Crippen molar-refractivity contribution >= 4 is 10.9 Å². The fourth-order valence-corrected chi connectivity index (χ4v) is 2.59. The minimum absolute atomic E-state index is 0.888. The summed E-state index contributed by atoms with van der Waals surface area (Å²) in [4.78, 5) is 4.59. The van der Waals surface area contributed by atoms with Crippen molar-refractivity contribution in [2.45, 2.75) is 20.4 Å². The van der Waals surface area contributed by atoms with Crippen LogP contribution in [0, 0.1) is 6.92 Å². The van der Waals surface area contributed by atoms with E-state index in [0.29, 0.717) is 0 Å². The minimum Gasteiger partial charge on any atom is -0.313 e. The van der Waals surface area contributed by atoms with Crippen molar-refractivity contribution in [3.63, 3.8) is 0 Å². The Morgan fingerprint density at radius 1 is 1.05 bits per heavy atom. The molecule has 0 fully saturated rings. The Labute approximate surface area is 125 Å². The third-order valence-corrected chi connectivity index (χ3v) is 3.73. The molecule has 1 heterocycles. The van der Waals surface area contributed by atoms with E-state index in [9.17, 15) is 0 Å². The van der Waals surface area contributed by atoms with E-state index in [1.165, 1.54) is 27.6 Å². The fraction of sp³-hybridized carbons (Fsp3) is 0.211. The first-order valence-electron chi connectivity index (χ1n) is 7.43. The molecule has 0 unspecified atom stereocenters. The first-order valence-corrected chi connectivity index (χ1v) is 7.43. The molecule has 0 atom stereocenters. The Morgan fingerprint density at radius 3 is 2.76 bits per heavy atom. The lowest BCUT2D eigenvalue weighted by Crippen LogP contribution is -2.12. The van der Waals surface area contributed by atoms with Gasteiger partial charge in [-0.25, -0.2) is 0 Å². The van der Waals surface area contributed by atoms with Gasteiger partial charge in [-0.2, -0.15) is 0 Å². The quantitative estimate of drug-likeness (QED) is 0.767. The summed E-state index contributed by atoms with van der Waals surface area (Å²) in [5.74, 6) is 0. The lowest BCUT2D eigenvalue weighted by Gasteiger charge is -2.12. The standard InChI is InChI=1S/C19H20N2/c1-3-20-12-16-9-8-14(2)10-18(16)17-11-15-6-4-5-7-19(15)21-13-17/h4-11,13,20H,3,12H2,1-2H3. The van der Waals surface area contributed by atoms with Gasteiger partial charge in [-0.15, -0.1) is 0 Å². The first kappa shape index (κ1) is 13.8.